The van der Waals surface area contributed by atoms with Gasteiger partial charge in [0.25, 0.3) is 5.69 Å². The van der Waals surface area contributed by atoms with Crippen LogP contribution in [0.2, 0.25) is 0 Å². The van der Waals surface area contributed by atoms with E-state index in [1.165, 1.54) is 6.07 Å². The van der Waals surface area contributed by atoms with Crippen LogP contribution in [-0.4, -0.2) is 16.5 Å². The molecule has 0 aliphatic heterocycles. The lowest BCUT2D eigenvalue weighted by Crippen LogP contribution is -2.00. The largest absolute Gasteiger partial charge is 0.455 e. The van der Waals surface area contributed by atoms with Crippen LogP contribution >= 0.6 is 0 Å². The molecule has 0 atom stereocenters. The predicted octanol–water partition coefficient (Wildman–Crippen LogP) is 3.91. The monoisotopic (exact) mass is 287 g/mol. The first-order valence-electron chi connectivity index (χ1n) is 6.72. The third kappa shape index (κ3) is 3.68. The molecule has 6 nitrogen and oxygen atoms in total. The van der Waals surface area contributed by atoms with Gasteiger partial charge in [0, 0.05) is 18.7 Å². The summed E-state index contributed by atoms with van der Waals surface area (Å²) in [5, 5.41) is 14.1. The third-order valence-corrected chi connectivity index (χ3v) is 2.97. The van der Waals surface area contributed by atoms with Crippen molar-refractivity contribution in [1.82, 2.24) is 4.98 Å². The summed E-state index contributed by atoms with van der Waals surface area (Å²) in [7, 11) is 0. The van der Waals surface area contributed by atoms with Crippen molar-refractivity contribution in [2.75, 3.05) is 11.9 Å². The molecule has 1 aromatic carbocycles. The van der Waals surface area contributed by atoms with Crippen molar-refractivity contribution in [3.63, 3.8) is 0 Å². The zero-order valence-corrected chi connectivity index (χ0v) is 12.0. The van der Waals surface area contributed by atoms with Gasteiger partial charge in [-0.25, -0.2) is 0 Å². The number of rotatable bonds is 6. The predicted molar refractivity (Wildman–Crippen MR) is 80.9 cm³/mol. The standard InChI is InChI=1S/C15H17N3O3/c1-3-7-17-12-8-13(10-16-9-12)21-15-6-4-5-14(11(15)2)18(19)20/h4-6,8-10,17H,3,7H2,1-2H3. The summed E-state index contributed by atoms with van der Waals surface area (Å²) in [6, 6.07) is 6.59. The molecule has 2 rings (SSSR count). The van der Waals surface area contributed by atoms with Crippen LogP contribution in [0.25, 0.3) is 0 Å². The maximum absolute atomic E-state index is 10.9. The van der Waals surface area contributed by atoms with Crippen molar-refractivity contribution in [3.8, 4) is 11.5 Å². The Bertz CT molecular complexity index is 644. The Hall–Kier alpha value is -2.63. The van der Waals surface area contributed by atoms with Crippen LogP contribution in [0.3, 0.4) is 0 Å². The summed E-state index contributed by atoms with van der Waals surface area (Å²) in [6.07, 6.45) is 4.30. The van der Waals surface area contributed by atoms with Gasteiger partial charge < -0.3 is 10.1 Å². The first kappa shape index (κ1) is 14.8. The van der Waals surface area contributed by atoms with E-state index in [0.29, 0.717) is 17.1 Å². The second-order valence-corrected chi connectivity index (χ2v) is 4.60. The SMILES string of the molecule is CCCNc1cncc(Oc2cccc([N+](=O)[O-])c2C)c1. The summed E-state index contributed by atoms with van der Waals surface area (Å²) in [4.78, 5) is 14.6. The molecule has 0 aliphatic rings. The summed E-state index contributed by atoms with van der Waals surface area (Å²) in [6.45, 7) is 4.59. The van der Waals surface area contributed by atoms with Gasteiger partial charge in [0.15, 0.2) is 0 Å². The molecule has 0 fully saturated rings. The third-order valence-electron chi connectivity index (χ3n) is 2.97. The van der Waals surface area contributed by atoms with Gasteiger partial charge in [0.2, 0.25) is 0 Å². The Morgan fingerprint density at radius 1 is 1.38 bits per heavy atom. The van der Waals surface area contributed by atoms with E-state index in [9.17, 15) is 10.1 Å². The number of nitro groups is 1. The number of hydrogen-bond acceptors (Lipinski definition) is 5. The minimum Gasteiger partial charge on any atom is -0.455 e. The maximum Gasteiger partial charge on any atom is 0.276 e. The number of hydrogen-bond donors (Lipinski definition) is 1. The van der Waals surface area contributed by atoms with Gasteiger partial charge in [-0.05, 0) is 19.4 Å². The second-order valence-electron chi connectivity index (χ2n) is 4.60. The van der Waals surface area contributed by atoms with Crippen LogP contribution in [0, 0.1) is 17.0 Å². The van der Waals surface area contributed by atoms with Crippen LogP contribution in [0.1, 0.15) is 18.9 Å². The fraction of sp³-hybridized carbons (Fsp3) is 0.267. The van der Waals surface area contributed by atoms with Gasteiger partial charge >= 0.3 is 0 Å². The number of ether oxygens (including phenoxy) is 1. The van der Waals surface area contributed by atoms with E-state index in [4.69, 9.17) is 4.74 Å². The van der Waals surface area contributed by atoms with Crippen molar-refractivity contribution in [2.45, 2.75) is 20.3 Å². The number of nitrogens with one attached hydrogen (secondary N) is 1. The molecule has 110 valence electrons. The van der Waals surface area contributed by atoms with E-state index >= 15 is 0 Å². The Morgan fingerprint density at radius 2 is 2.19 bits per heavy atom. The van der Waals surface area contributed by atoms with Gasteiger partial charge in [0.1, 0.15) is 11.5 Å². The molecule has 0 unspecified atom stereocenters. The lowest BCUT2D eigenvalue weighted by Gasteiger charge is -2.10. The number of nitrogens with zero attached hydrogens (tertiary/aromatic N) is 2. The lowest BCUT2D eigenvalue weighted by molar-refractivity contribution is -0.385. The average molecular weight is 287 g/mol. The molecular weight excluding hydrogens is 270 g/mol. The molecule has 0 aliphatic carbocycles. The molecule has 1 aromatic heterocycles. The summed E-state index contributed by atoms with van der Waals surface area (Å²) in [5.74, 6) is 0.998. The molecule has 2 aromatic rings. The van der Waals surface area contributed by atoms with Gasteiger partial charge in [-0.15, -0.1) is 0 Å². The quantitative estimate of drug-likeness (QED) is 0.643. The maximum atomic E-state index is 10.9. The first-order valence-corrected chi connectivity index (χ1v) is 6.72. The fourth-order valence-electron chi connectivity index (χ4n) is 1.88. The zero-order valence-electron chi connectivity index (χ0n) is 12.0. The van der Waals surface area contributed by atoms with E-state index < -0.39 is 4.92 Å². The number of benzene rings is 1. The van der Waals surface area contributed by atoms with Gasteiger partial charge in [0.05, 0.1) is 28.6 Å². The molecule has 0 radical (unpaired) electrons. The molecular formula is C15H17N3O3. The molecule has 0 bridgehead atoms. The van der Waals surface area contributed by atoms with Crippen molar-refractivity contribution in [3.05, 3.63) is 52.3 Å². The number of aromatic nitrogens is 1. The van der Waals surface area contributed by atoms with Gasteiger partial charge in [-0.3, -0.25) is 15.1 Å². The van der Waals surface area contributed by atoms with Gasteiger partial charge in [-0.2, -0.15) is 0 Å². The van der Waals surface area contributed by atoms with Crippen LogP contribution < -0.4 is 10.1 Å². The number of anilines is 1. The lowest BCUT2D eigenvalue weighted by atomic mass is 10.2. The zero-order chi connectivity index (χ0) is 15.2. The molecule has 21 heavy (non-hydrogen) atoms. The van der Waals surface area contributed by atoms with E-state index in [1.54, 1.807) is 31.5 Å². The summed E-state index contributed by atoms with van der Waals surface area (Å²) >= 11 is 0. The Balaban J connectivity index is 2.22. The number of nitro benzene ring substituents is 1. The van der Waals surface area contributed by atoms with Crippen LogP contribution in [-0.2, 0) is 0 Å². The molecule has 0 amide bonds. The highest BCUT2D eigenvalue weighted by atomic mass is 16.6. The molecule has 6 heteroatoms. The van der Waals surface area contributed by atoms with Crippen molar-refractivity contribution in [2.24, 2.45) is 0 Å². The van der Waals surface area contributed by atoms with Crippen molar-refractivity contribution in [1.29, 1.82) is 0 Å². The normalized spacial score (nSPS) is 10.2. The molecule has 0 saturated heterocycles. The molecule has 1 N–H and O–H groups in total. The van der Waals surface area contributed by atoms with E-state index in [0.717, 1.165) is 18.7 Å². The highest BCUT2D eigenvalue weighted by Crippen LogP contribution is 2.31. The first-order chi connectivity index (χ1) is 10.1. The van der Waals surface area contributed by atoms with E-state index in [2.05, 4.69) is 17.2 Å². The van der Waals surface area contributed by atoms with Crippen molar-refractivity contribution < 1.29 is 9.66 Å². The van der Waals surface area contributed by atoms with Crippen LogP contribution in [0.4, 0.5) is 11.4 Å². The minimum absolute atomic E-state index is 0.0423. The second kappa shape index (κ2) is 6.69. The van der Waals surface area contributed by atoms with Crippen LogP contribution in [0.15, 0.2) is 36.7 Å². The Morgan fingerprint density at radius 3 is 2.90 bits per heavy atom. The number of pyridine rings is 1. The minimum atomic E-state index is -0.417. The fourth-order valence-corrected chi connectivity index (χ4v) is 1.88. The summed E-state index contributed by atoms with van der Waals surface area (Å²) < 4.78 is 5.71. The van der Waals surface area contributed by atoms with E-state index in [1.807, 2.05) is 6.07 Å². The molecule has 0 saturated carbocycles. The summed E-state index contributed by atoms with van der Waals surface area (Å²) in [5.41, 5.74) is 1.40. The van der Waals surface area contributed by atoms with Crippen LogP contribution in [0.5, 0.6) is 11.5 Å². The molecule has 0 spiro atoms. The Kier molecular flexibility index (Phi) is 4.71. The topological polar surface area (TPSA) is 77.3 Å². The van der Waals surface area contributed by atoms with E-state index in [-0.39, 0.29) is 5.69 Å². The highest BCUT2D eigenvalue weighted by molar-refractivity contribution is 5.51. The van der Waals surface area contributed by atoms with Crippen molar-refractivity contribution >= 4 is 11.4 Å². The highest BCUT2D eigenvalue weighted by Gasteiger charge is 2.14. The van der Waals surface area contributed by atoms with Gasteiger partial charge in [-0.1, -0.05) is 13.0 Å². The molecule has 1 heterocycles. The Labute approximate surface area is 122 Å². The average Bonchev–Trinajstić information content (AvgIpc) is 2.47. The smallest absolute Gasteiger partial charge is 0.276 e.